The van der Waals surface area contributed by atoms with E-state index < -0.39 is 11.7 Å². The smallest absolute Gasteiger partial charge is 0.255 e. The standard InChI is InChI=1S/C13H9FN4O2/c14-7-2-1-3-10(12(7)13(17)19)20-11-5-4-8(16)9(6-15)18-11/h1-5H,16H2,(H2,17,19). The van der Waals surface area contributed by atoms with Gasteiger partial charge in [-0.15, -0.1) is 0 Å². The number of halogens is 1. The Morgan fingerprint density at radius 3 is 2.75 bits per heavy atom. The molecule has 7 heteroatoms. The molecule has 1 amide bonds. The number of ether oxygens (including phenoxy) is 1. The highest BCUT2D eigenvalue weighted by molar-refractivity contribution is 5.96. The molecule has 0 fully saturated rings. The fraction of sp³-hybridized carbons (Fsp3) is 0. The highest BCUT2D eigenvalue weighted by Gasteiger charge is 2.16. The average Bonchev–Trinajstić information content (AvgIpc) is 2.40. The van der Waals surface area contributed by atoms with E-state index in [1.807, 2.05) is 0 Å². The number of carbonyl (C=O) groups excluding carboxylic acids is 1. The van der Waals surface area contributed by atoms with Gasteiger partial charge in [-0.1, -0.05) is 6.07 Å². The number of hydrogen-bond donors (Lipinski definition) is 2. The van der Waals surface area contributed by atoms with E-state index in [1.54, 1.807) is 6.07 Å². The van der Waals surface area contributed by atoms with Gasteiger partial charge in [-0.05, 0) is 18.2 Å². The fourth-order valence-corrected chi connectivity index (χ4v) is 1.54. The third-order valence-corrected chi connectivity index (χ3v) is 2.44. The molecule has 4 N–H and O–H groups in total. The number of nitrogen functional groups attached to an aromatic ring is 1. The molecule has 0 aliphatic heterocycles. The highest BCUT2D eigenvalue weighted by Crippen LogP contribution is 2.26. The molecule has 1 aromatic heterocycles. The Morgan fingerprint density at radius 2 is 2.10 bits per heavy atom. The van der Waals surface area contributed by atoms with Crippen molar-refractivity contribution in [3.8, 4) is 17.7 Å². The number of anilines is 1. The number of nitrogens with two attached hydrogens (primary N) is 2. The minimum absolute atomic E-state index is 0.00356. The quantitative estimate of drug-likeness (QED) is 0.879. The lowest BCUT2D eigenvalue weighted by Gasteiger charge is -2.09. The SMILES string of the molecule is N#Cc1nc(Oc2cccc(F)c2C(N)=O)ccc1N. The number of hydrogen-bond acceptors (Lipinski definition) is 5. The summed E-state index contributed by atoms with van der Waals surface area (Å²) in [6.45, 7) is 0. The van der Waals surface area contributed by atoms with E-state index >= 15 is 0 Å². The molecule has 20 heavy (non-hydrogen) atoms. The average molecular weight is 272 g/mol. The van der Waals surface area contributed by atoms with Gasteiger partial charge in [0.2, 0.25) is 5.88 Å². The molecule has 0 atom stereocenters. The van der Waals surface area contributed by atoms with E-state index in [-0.39, 0.29) is 28.6 Å². The number of nitrogens with zero attached hydrogens (tertiary/aromatic N) is 2. The van der Waals surface area contributed by atoms with Crippen molar-refractivity contribution in [3.05, 3.63) is 47.4 Å². The van der Waals surface area contributed by atoms with Crippen LogP contribution in [-0.4, -0.2) is 10.9 Å². The monoisotopic (exact) mass is 272 g/mol. The summed E-state index contributed by atoms with van der Waals surface area (Å²) >= 11 is 0. The molecule has 0 aliphatic rings. The number of amides is 1. The Kier molecular flexibility index (Phi) is 3.48. The van der Waals surface area contributed by atoms with Gasteiger partial charge in [-0.3, -0.25) is 4.79 Å². The van der Waals surface area contributed by atoms with Crippen molar-refractivity contribution in [3.63, 3.8) is 0 Å². The molecule has 2 aromatic rings. The van der Waals surface area contributed by atoms with Gasteiger partial charge in [0, 0.05) is 6.07 Å². The molecule has 2 rings (SSSR count). The molecular formula is C13H9FN4O2. The van der Waals surface area contributed by atoms with Crippen LogP contribution in [-0.2, 0) is 0 Å². The summed E-state index contributed by atoms with van der Waals surface area (Å²) in [5.41, 5.74) is 10.4. The minimum Gasteiger partial charge on any atom is -0.438 e. The largest absolute Gasteiger partial charge is 0.438 e. The summed E-state index contributed by atoms with van der Waals surface area (Å²) in [5, 5.41) is 8.81. The number of primary amides is 1. The molecule has 0 spiro atoms. The molecule has 0 saturated carbocycles. The lowest BCUT2D eigenvalue weighted by atomic mass is 10.2. The lowest BCUT2D eigenvalue weighted by Crippen LogP contribution is -2.14. The van der Waals surface area contributed by atoms with E-state index in [9.17, 15) is 9.18 Å². The van der Waals surface area contributed by atoms with E-state index in [0.29, 0.717) is 0 Å². The van der Waals surface area contributed by atoms with Crippen LogP contribution < -0.4 is 16.2 Å². The van der Waals surface area contributed by atoms with Crippen molar-refractivity contribution in [1.82, 2.24) is 4.98 Å². The molecule has 0 aliphatic carbocycles. The summed E-state index contributed by atoms with van der Waals surface area (Å²) in [5.74, 6) is -1.84. The number of rotatable bonds is 3. The summed E-state index contributed by atoms with van der Waals surface area (Å²) < 4.78 is 18.8. The van der Waals surface area contributed by atoms with Crippen LogP contribution in [0.2, 0.25) is 0 Å². The zero-order valence-electron chi connectivity index (χ0n) is 10.1. The molecule has 0 unspecified atom stereocenters. The first-order chi connectivity index (χ1) is 9.52. The van der Waals surface area contributed by atoms with Crippen molar-refractivity contribution in [2.75, 3.05) is 5.73 Å². The molecule has 0 radical (unpaired) electrons. The Hall–Kier alpha value is -3.14. The van der Waals surface area contributed by atoms with Crippen LogP contribution in [0.1, 0.15) is 16.1 Å². The Bertz CT molecular complexity index is 725. The predicted octanol–water partition coefficient (Wildman–Crippen LogP) is 1.57. The van der Waals surface area contributed by atoms with Crippen LogP contribution in [0.15, 0.2) is 30.3 Å². The lowest BCUT2D eigenvalue weighted by molar-refractivity contribution is 0.0994. The third kappa shape index (κ3) is 2.49. The van der Waals surface area contributed by atoms with Gasteiger partial charge in [-0.25, -0.2) is 9.37 Å². The van der Waals surface area contributed by atoms with E-state index in [4.69, 9.17) is 21.5 Å². The van der Waals surface area contributed by atoms with E-state index in [2.05, 4.69) is 4.98 Å². The molecule has 6 nitrogen and oxygen atoms in total. The van der Waals surface area contributed by atoms with Crippen LogP contribution in [0.4, 0.5) is 10.1 Å². The van der Waals surface area contributed by atoms with Crippen LogP contribution >= 0.6 is 0 Å². The van der Waals surface area contributed by atoms with Crippen LogP contribution in [0.3, 0.4) is 0 Å². The van der Waals surface area contributed by atoms with Gasteiger partial charge in [0.15, 0.2) is 5.69 Å². The van der Waals surface area contributed by atoms with Gasteiger partial charge >= 0.3 is 0 Å². The van der Waals surface area contributed by atoms with Crippen molar-refractivity contribution < 1.29 is 13.9 Å². The van der Waals surface area contributed by atoms with Gasteiger partial charge in [0.05, 0.1) is 5.69 Å². The van der Waals surface area contributed by atoms with Crippen molar-refractivity contribution in [1.29, 1.82) is 5.26 Å². The van der Waals surface area contributed by atoms with Crippen molar-refractivity contribution in [2.45, 2.75) is 0 Å². The zero-order valence-corrected chi connectivity index (χ0v) is 10.1. The molecule has 0 saturated heterocycles. The third-order valence-electron chi connectivity index (χ3n) is 2.44. The molecule has 1 aromatic carbocycles. The second-order valence-electron chi connectivity index (χ2n) is 3.78. The van der Waals surface area contributed by atoms with E-state index in [1.165, 1.54) is 24.3 Å². The molecule has 0 bridgehead atoms. The highest BCUT2D eigenvalue weighted by atomic mass is 19.1. The Balaban J connectivity index is 2.43. The summed E-state index contributed by atoms with van der Waals surface area (Å²) in [4.78, 5) is 15.1. The van der Waals surface area contributed by atoms with Gasteiger partial charge in [0.25, 0.3) is 5.91 Å². The Labute approximate surface area is 113 Å². The van der Waals surface area contributed by atoms with Gasteiger partial charge in [-0.2, -0.15) is 5.26 Å². The Morgan fingerprint density at radius 1 is 1.35 bits per heavy atom. The summed E-state index contributed by atoms with van der Waals surface area (Å²) in [6, 6.07) is 8.42. The number of aromatic nitrogens is 1. The van der Waals surface area contributed by atoms with E-state index in [0.717, 1.165) is 6.07 Å². The fourth-order valence-electron chi connectivity index (χ4n) is 1.54. The molecule has 1 heterocycles. The van der Waals surface area contributed by atoms with Crippen LogP contribution in [0.25, 0.3) is 0 Å². The maximum Gasteiger partial charge on any atom is 0.255 e. The zero-order chi connectivity index (χ0) is 14.7. The molecular weight excluding hydrogens is 263 g/mol. The summed E-state index contributed by atoms with van der Waals surface area (Å²) in [7, 11) is 0. The maximum absolute atomic E-state index is 13.5. The second-order valence-corrected chi connectivity index (χ2v) is 3.78. The number of benzene rings is 1. The van der Waals surface area contributed by atoms with Gasteiger partial charge in [0.1, 0.15) is 23.2 Å². The van der Waals surface area contributed by atoms with Crippen LogP contribution in [0.5, 0.6) is 11.6 Å². The first kappa shape index (κ1) is 13.3. The predicted molar refractivity (Wildman–Crippen MR) is 68.4 cm³/mol. The first-order valence-electron chi connectivity index (χ1n) is 5.45. The number of pyridine rings is 1. The minimum atomic E-state index is -0.964. The number of carbonyl (C=O) groups is 1. The van der Waals surface area contributed by atoms with Crippen LogP contribution in [0, 0.1) is 17.1 Å². The topological polar surface area (TPSA) is 115 Å². The normalized spacial score (nSPS) is 9.80. The van der Waals surface area contributed by atoms with Gasteiger partial charge < -0.3 is 16.2 Å². The number of nitriles is 1. The maximum atomic E-state index is 13.5. The summed E-state index contributed by atoms with van der Waals surface area (Å²) in [6.07, 6.45) is 0. The second kappa shape index (κ2) is 5.24. The van der Waals surface area contributed by atoms with Crippen molar-refractivity contribution in [2.24, 2.45) is 5.73 Å². The first-order valence-corrected chi connectivity index (χ1v) is 5.45. The van der Waals surface area contributed by atoms with Crippen molar-refractivity contribution >= 4 is 11.6 Å². The molecule has 100 valence electrons.